The van der Waals surface area contributed by atoms with Gasteiger partial charge in [-0.05, 0) is 6.07 Å². The number of nitrogens with zero attached hydrogens (tertiary/aromatic N) is 2. The van der Waals surface area contributed by atoms with Crippen LogP contribution in [0.4, 0.5) is 20.5 Å². The molecule has 0 unspecified atom stereocenters. The van der Waals surface area contributed by atoms with E-state index in [1.165, 1.54) is 18.2 Å². The molecule has 9 heteroatoms. The summed E-state index contributed by atoms with van der Waals surface area (Å²) in [6.45, 7) is -0.313. The third-order valence-electron chi connectivity index (χ3n) is 2.35. The molecule has 2 aromatic rings. The Hall–Kier alpha value is -2.29. The number of aromatic nitrogens is 1. The van der Waals surface area contributed by atoms with Gasteiger partial charge in [-0.1, -0.05) is 0 Å². The first kappa shape index (κ1) is 14.1. The summed E-state index contributed by atoms with van der Waals surface area (Å²) in [7, 11) is 0. The molecule has 0 bridgehead atoms. The number of halogens is 2. The van der Waals surface area contributed by atoms with Crippen LogP contribution in [0.15, 0.2) is 22.6 Å². The van der Waals surface area contributed by atoms with Crippen LogP contribution in [-0.4, -0.2) is 36.1 Å². The van der Waals surface area contributed by atoms with Gasteiger partial charge in [-0.15, -0.1) is 0 Å². The van der Waals surface area contributed by atoms with Crippen LogP contribution in [-0.2, 0) is 4.74 Å². The lowest BCUT2D eigenvalue weighted by molar-refractivity contribution is -0.384. The SMILES string of the molecule is O=[N+]([O-])c1ccc2oc(NCCOCC(F)F)nc2c1. The normalized spacial score (nSPS) is 11.2. The molecule has 0 aliphatic carbocycles. The zero-order valence-corrected chi connectivity index (χ0v) is 10.2. The number of non-ortho nitro benzene ring substituents is 1. The van der Waals surface area contributed by atoms with Gasteiger partial charge in [0, 0.05) is 18.7 Å². The third kappa shape index (κ3) is 3.60. The summed E-state index contributed by atoms with van der Waals surface area (Å²) >= 11 is 0. The molecule has 2 rings (SSSR count). The summed E-state index contributed by atoms with van der Waals surface area (Å²) in [5, 5.41) is 13.3. The third-order valence-corrected chi connectivity index (χ3v) is 2.35. The van der Waals surface area contributed by atoms with E-state index >= 15 is 0 Å². The van der Waals surface area contributed by atoms with Gasteiger partial charge in [-0.3, -0.25) is 10.1 Å². The first-order valence-electron chi connectivity index (χ1n) is 5.71. The summed E-state index contributed by atoms with van der Waals surface area (Å²) in [5.41, 5.74) is 0.652. The van der Waals surface area contributed by atoms with Crippen molar-refractivity contribution >= 4 is 22.8 Å². The highest BCUT2D eigenvalue weighted by Gasteiger charge is 2.11. The van der Waals surface area contributed by atoms with Crippen LogP contribution in [0.3, 0.4) is 0 Å². The zero-order valence-electron chi connectivity index (χ0n) is 10.2. The number of nitro groups is 1. The molecule has 1 aromatic heterocycles. The average Bonchev–Trinajstić information content (AvgIpc) is 2.79. The average molecular weight is 287 g/mol. The number of rotatable bonds is 7. The molecule has 108 valence electrons. The minimum atomic E-state index is -2.50. The van der Waals surface area contributed by atoms with E-state index in [-0.39, 0.29) is 24.9 Å². The number of nitro benzene ring substituents is 1. The quantitative estimate of drug-likeness (QED) is 0.478. The Kier molecular flexibility index (Phi) is 4.41. The molecule has 7 nitrogen and oxygen atoms in total. The second-order valence-corrected chi connectivity index (χ2v) is 3.82. The molecule has 1 heterocycles. The number of benzene rings is 1. The Balaban J connectivity index is 1.93. The van der Waals surface area contributed by atoms with Crippen LogP contribution in [0.1, 0.15) is 0 Å². The second-order valence-electron chi connectivity index (χ2n) is 3.82. The summed E-state index contributed by atoms with van der Waals surface area (Å²) < 4.78 is 33.5. The fourth-order valence-corrected chi connectivity index (χ4v) is 1.51. The predicted octanol–water partition coefficient (Wildman–Crippen LogP) is 2.43. The van der Waals surface area contributed by atoms with Crippen molar-refractivity contribution in [3.8, 4) is 0 Å². The van der Waals surface area contributed by atoms with Gasteiger partial charge in [-0.25, -0.2) is 8.78 Å². The van der Waals surface area contributed by atoms with Crippen molar-refractivity contribution in [2.24, 2.45) is 0 Å². The van der Waals surface area contributed by atoms with Crippen molar-refractivity contribution in [2.75, 3.05) is 25.1 Å². The first-order chi connectivity index (χ1) is 9.56. The van der Waals surface area contributed by atoms with Gasteiger partial charge < -0.3 is 14.5 Å². The number of anilines is 1. The molecule has 0 radical (unpaired) electrons. The molecule has 20 heavy (non-hydrogen) atoms. The number of oxazole rings is 1. The number of fused-ring (bicyclic) bond motifs is 1. The van der Waals surface area contributed by atoms with E-state index in [1.54, 1.807) is 0 Å². The fourth-order valence-electron chi connectivity index (χ4n) is 1.51. The summed E-state index contributed by atoms with van der Waals surface area (Å²) in [6.07, 6.45) is -2.50. The lowest BCUT2D eigenvalue weighted by Gasteiger charge is -2.03. The van der Waals surface area contributed by atoms with E-state index < -0.39 is 18.0 Å². The molecule has 1 aromatic carbocycles. The minimum absolute atomic E-state index is 0.0726. The predicted molar refractivity (Wildman–Crippen MR) is 66.0 cm³/mol. The van der Waals surface area contributed by atoms with Crippen molar-refractivity contribution in [3.05, 3.63) is 28.3 Å². The molecule has 0 amide bonds. The lowest BCUT2D eigenvalue weighted by Crippen LogP contribution is -2.13. The van der Waals surface area contributed by atoms with Gasteiger partial charge in [-0.2, -0.15) is 4.98 Å². The monoisotopic (exact) mass is 287 g/mol. The second kappa shape index (κ2) is 6.24. The molecule has 1 N–H and O–H groups in total. The maximum absolute atomic E-state index is 11.8. The molecular formula is C11H11F2N3O4. The number of hydrogen-bond acceptors (Lipinski definition) is 6. The molecule has 0 spiro atoms. The van der Waals surface area contributed by atoms with Crippen molar-refractivity contribution in [2.45, 2.75) is 6.43 Å². The minimum Gasteiger partial charge on any atom is -0.424 e. The van der Waals surface area contributed by atoms with Crippen LogP contribution in [0.2, 0.25) is 0 Å². The van der Waals surface area contributed by atoms with Crippen LogP contribution < -0.4 is 5.32 Å². The van der Waals surface area contributed by atoms with E-state index in [0.29, 0.717) is 11.1 Å². The Morgan fingerprint density at radius 1 is 1.50 bits per heavy atom. The van der Waals surface area contributed by atoms with Gasteiger partial charge in [0.05, 0.1) is 11.5 Å². The molecular weight excluding hydrogens is 276 g/mol. The van der Waals surface area contributed by atoms with Crippen LogP contribution in [0.5, 0.6) is 0 Å². The molecule has 0 fully saturated rings. The van der Waals surface area contributed by atoms with Gasteiger partial charge >= 0.3 is 0 Å². The fraction of sp³-hybridized carbons (Fsp3) is 0.364. The molecule has 0 saturated carbocycles. The number of alkyl halides is 2. The van der Waals surface area contributed by atoms with Gasteiger partial charge in [0.15, 0.2) is 5.58 Å². The molecule has 0 aliphatic heterocycles. The lowest BCUT2D eigenvalue weighted by atomic mass is 10.3. The van der Waals surface area contributed by atoms with Gasteiger partial charge in [0.2, 0.25) is 0 Å². The van der Waals surface area contributed by atoms with E-state index in [2.05, 4.69) is 15.0 Å². The molecule has 0 aliphatic rings. The van der Waals surface area contributed by atoms with E-state index in [0.717, 1.165) is 0 Å². The Morgan fingerprint density at radius 2 is 2.30 bits per heavy atom. The summed E-state index contributed by atoms with van der Waals surface area (Å²) in [5.74, 6) is 0. The number of nitrogens with one attached hydrogen (secondary N) is 1. The van der Waals surface area contributed by atoms with Crippen molar-refractivity contribution < 1.29 is 22.9 Å². The van der Waals surface area contributed by atoms with E-state index in [9.17, 15) is 18.9 Å². The highest BCUT2D eigenvalue weighted by Crippen LogP contribution is 2.23. The Bertz CT molecular complexity index is 602. The van der Waals surface area contributed by atoms with E-state index in [1.807, 2.05) is 0 Å². The van der Waals surface area contributed by atoms with Crippen molar-refractivity contribution in [1.82, 2.24) is 4.98 Å². The Labute approximate surface area is 111 Å². The van der Waals surface area contributed by atoms with E-state index in [4.69, 9.17) is 4.42 Å². The van der Waals surface area contributed by atoms with Crippen LogP contribution >= 0.6 is 0 Å². The van der Waals surface area contributed by atoms with Crippen molar-refractivity contribution in [1.29, 1.82) is 0 Å². The highest BCUT2D eigenvalue weighted by molar-refractivity contribution is 5.77. The number of ether oxygens (including phenoxy) is 1. The van der Waals surface area contributed by atoms with Crippen molar-refractivity contribution in [3.63, 3.8) is 0 Å². The van der Waals surface area contributed by atoms with Gasteiger partial charge in [0.1, 0.15) is 12.1 Å². The zero-order chi connectivity index (χ0) is 14.5. The van der Waals surface area contributed by atoms with Crippen LogP contribution in [0.25, 0.3) is 11.1 Å². The molecule has 0 atom stereocenters. The number of hydrogen-bond donors (Lipinski definition) is 1. The largest absolute Gasteiger partial charge is 0.424 e. The molecule has 0 saturated heterocycles. The summed E-state index contributed by atoms with van der Waals surface area (Å²) in [4.78, 5) is 14.1. The maximum atomic E-state index is 11.8. The van der Waals surface area contributed by atoms with Crippen LogP contribution in [0, 0.1) is 10.1 Å². The van der Waals surface area contributed by atoms with Gasteiger partial charge in [0.25, 0.3) is 18.1 Å². The maximum Gasteiger partial charge on any atom is 0.295 e. The first-order valence-corrected chi connectivity index (χ1v) is 5.71. The topological polar surface area (TPSA) is 90.4 Å². The standard InChI is InChI=1S/C11H11F2N3O4/c12-10(13)6-19-4-3-14-11-15-8-5-7(16(17)18)1-2-9(8)20-11/h1-2,5,10H,3-4,6H2,(H,14,15). The smallest absolute Gasteiger partial charge is 0.295 e. The Morgan fingerprint density at radius 3 is 3.00 bits per heavy atom. The highest BCUT2D eigenvalue weighted by atomic mass is 19.3. The summed E-state index contributed by atoms with van der Waals surface area (Å²) in [6, 6.07) is 4.19.